The van der Waals surface area contributed by atoms with E-state index < -0.39 is 0 Å². The summed E-state index contributed by atoms with van der Waals surface area (Å²) in [5, 5.41) is 11.3. The fourth-order valence-electron chi connectivity index (χ4n) is 1.15. The van der Waals surface area contributed by atoms with Gasteiger partial charge in [0.1, 0.15) is 0 Å². The van der Waals surface area contributed by atoms with Gasteiger partial charge in [0, 0.05) is 23.3 Å². The Labute approximate surface area is 132 Å². The summed E-state index contributed by atoms with van der Waals surface area (Å²) in [6, 6.07) is 12.2. The van der Waals surface area contributed by atoms with Crippen LogP contribution in [0, 0.1) is 0 Å². The van der Waals surface area contributed by atoms with Crippen LogP contribution in [0.1, 0.15) is 5.69 Å². The van der Waals surface area contributed by atoms with Gasteiger partial charge in [0.25, 0.3) is 0 Å². The van der Waals surface area contributed by atoms with Crippen LogP contribution in [0.2, 0.25) is 0 Å². The molecule has 0 amide bonds. The molecule has 1 heterocycles. The van der Waals surface area contributed by atoms with Crippen molar-refractivity contribution in [3.63, 3.8) is 0 Å². The van der Waals surface area contributed by atoms with Crippen molar-refractivity contribution in [1.29, 1.82) is 0 Å². The molecule has 2 rings (SSSR count). The molecule has 0 unspecified atom stereocenters. The maximum Gasteiger partial charge on any atom is 0.0812 e. The van der Waals surface area contributed by atoms with Crippen molar-refractivity contribution in [3.8, 4) is 5.75 Å². The summed E-state index contributed by atoms with van der Waals surface area (Å²) in [6.07, 6.45) is 3.27. The van der Waals surface area contributed by atoms with Gasteiger partial charge in [-0.05, 0) is 18.2 Å². The van der Waals surface area contributed by atoms with Crippen molar-refractivity contribution in [3.05, 3.63) is 54.4 Å². The zero-order chi connectivity index (χ0) is 10.5. The summed E-state index contributed by atoms with van der Waals surface area (Å²) in [6.45, 7) is 0. The summed E-state index contributed by atoms with van der Waals surface area (Å²) in [4.78, 5) is 8.15. The normalized spacial score (nSPS) is 8.42. The number of nitrogens with zero attached hydrogens (tertiary/aromatic N) is 2. The molecule has 0 bridgehead atoms. The molecule has 1 radical (unpaired) electrons. The van der Waals surface area contributed by atoms with E-state index in [0.29, 0.717) is 5.69 Å². The van der Waals surface area contributed by atoms with Crippen molar-refractivity contribution in [2.24, 2.45) is 4.99 Å². The summed E-state index contributed by atoms with van der Waals surface area (Å²) in [7, 11) is 0. The molecule has 5 nitrogen and oxygen atoms in total. The van der Waals surface area contributed by atoms with E-state index in [1.807, 2.05) is 18.2 Å². The minimum Gasteiger partial charge on any atom is -1.00 e. The molecule has 0 atom stereocenters. The molecule has 19 heavy (non-hydrogen) atoms. The van der Waals surface area contributed by atoms with Gasteiger partial charge in [-0.1, -0.05) is 30.0 Å². The Kier molecular flexibility index (Phi) is 14.3. The predicted molar refractivity (Wildman–Crippen MR) is 67.1 cm³/mol. The average Bonchev–Trinajstić information content (AvgIpc) is 2.29. The van der Waals surface area contributed by atoms with E-state index in [2.05, 4.69) is 9.98 Å². The van der Waals surface area contributed by atoms with Gasteiger partial charge in [-0.25, -0.2) is 0 Å². The molecule has 0 saturated carbocycles. The third kappa shape index (κ3) is 7.05. The largest absolute Gasteiger partial charge is 1.00 e. The molecular formula is C12H15BrCuN2O3. The van der Waals surface area contributed by atoms with Gasteiger partial charge in [-0.2, -0.15) is 0 Å². The number of pyridine rings is 1. The minimum absolute atomic E-state index is 0. The van der Waals surface area contributed by atoms with Crippen molar-refractivity contribution in [1.82, 2.24) is 4.98 Å². The molecule has 6 N–H and O–H groups in total. The number of aliphatic imine (C=N–C) groups is 1. The molecule has 0 spiro atoms. The quantitative estimate of drug-likeness (QED) is 0.316. The second-order valence-electron chi connectivity index (χ2n) is 2.98. The zero-order valence-electron chi connectivity index (χ0n) is 9.83. The number of hydrogen-bond acceptors (Lipinski definition) is 3. The first-order valence-corrected chi connectivity index (χ1v) is 4.57. The van der Waals surface area contributed by atoms with E-state index in [-0.39, 0.29) is 50.8 Å². The molecule has 1 aromatic carbocycles. The Morgan fingerprint density at radius 3 is 2.21 bits per heavy atom. The predicted octanol–water partition coefficient (Wildman–Crippen LogP) is -2.94. The number of hydrogen-bond donors (Lipinski definition) is 0. The van der Waals surface area contributed by atoms with Crippen LogP contribution in [0.5, 0.6) is 5.75 Å². The maximum absolute atomic E-state index is 11.3. The Morgan fingerprint density at radius 1 is 1.00 bits per heavy atom. The van der Waals surface area contributed by atoms with Crippen LogP contribution in [0.4, 0.5) is 5.69 Å². The fourth-order valence-corrected chi connectivity index (χ4v) is 1.15. The van der Waals surface area contributed by atoms with Crippen molar-refractivity contribution >= 4 is 11.9 Å². The molecule has 0 aliphatic rings. The maximum atomic E-state index is 11.3. The monoisotopic (exact) mass is 377 g/mol. The smallest absolute Gasteiger partial charge is 0.0812 e. The van der Waals surface area contributed by atoms with E-state index in [4.69, 9.17) is 0 Å². The summed E-state index contributed by atoms with van der Waals surface area (Å²) >= 11 is 0. The van der Waals surface area contributed by atoms with Crippen LogP contribution in [0.3, 0.4) is 0 Å². The van der Waals surface area contributed by atoms with Gasteiger partial charge < -0.3 is 33.0 Å². The second kappa shape index (κ2) is 11.8. The van der Waals surface area contributed by atoms with Crippen LogP contribution < -0.4 is 22.1 Å². The van der Waals surface area contributed by atoms with E-state index >= 15 is 0 Å². The Balaban J connectivity index is -0.000000640. The Hall–Kier alpha value is -1.24. The number of benzene rings is 1. The summed E-state index contributed by atoms with van der Waals surface area (Å²) in [5.74, 6) is -0.0790. The third-order valence-electron chi connectivity index (χ3n) is 1.89. The van der Waals surface area contributed by atoms with Crippen LogP contribution >= 0.6 is 0 Å². The van der Waals surface area contributed by atoms with Crippen LogP contribution in [-0.2, 0) is 28.0 Å². The number of halogens is 1. The Morgan fingerprint density at radius 2 is 1.63 bits per heavy atom. The molecule has 7 heteroatoms. The van der Waals surface area contributed by atoms with Crippen molar-refractivity contribution < 1.29 is 50.1 Å². The topological polar surface area (TPSA) is 114 Å². The van der Waals surface area contributed by atoms with Crippen molar-refractivity contribution in [2.75, 3.05) is 0 Å². The third-order valence-corrected chi connectivity index (χ3v) is 1.89. The first-order chi connectivity index (χ1) is 7.36. The van der Waals surface area contributed by atoms with Gasteiger partial charge in [0.05, 0.1) is 17.6 Å². The van der Waals surface area contributed by atoms with E-state index in [1.165, 1.54) is 6.07 Å². The molecule has 0 aliphatic carbocycles. The van der Waals surface area contributed by atoms with Crippen molar-refractivity contribution in [2.45, 2.75) is 0 Å². The number of para-hydroxylation sites is 2. The molecule has 109 valence electrons. The Bertz CT molecular complexity index is 483. The van der Waals surface area contributed by atoms with E-state index in [0.717, 1.165) is 5.69 Å². The summed E-state index contributed by atoms with van der Waals surface area (Å²) in [5.41, 5.74) is 1.17. The van der Waals surface area contributed by atoms with Gasteiger partial charge in [0.2, 0.25) is 0 Å². The van der Waals surface area contributed by atoms with E-state index in [9.17, 15) is 5.11 Å². The number of aromatic nitrogens is 1. The molecular weight excluding hydrogens is 364 g/mol. The molecule has 0 fully saturated rings. The van der Waals surface area contributed by atoms with Gasteiger partial charge in [-0.15, -0.1) is 0 Å². The minimum atomic E-state index is -0.0790. The molecule has 2 aromatic rings. The SMILES string of the molecule is [Br-].[Cu].[O-]c1ccccc1N=Cc1ccccn1.[OH3+].[OH3+]. The molecule has 1 aromatic heterocycles. The van der Waals surface area contributed by atoms with Crippen LogP contribution in [0.15, 0.2) is 53.7 Å². The second-order valence-corrected chi connectivity index (χ2v) is 2.98. The standard InChI is InChI=1S/C12H10N2O.BrH.Cu.2H2O/c15-12-7-2-1-6-11(12)14-9-10-5-3-4-8-13-10;;;;/h1-9,15H;1H;;2*1H2. The first-order valence-electron chi connectivity index (χ1n) is 4.57. The fraction of sp³-hybridized carbons (Fsp3) is 0. The van der Waals surface area contributed by atoms with E-state index in [1.54, 1.807) is 30.6 Å². The molecule has 0 saturated heterocycles. The zero-order valence-corrected chi connectivity index (χ0v) is 12.4. The van der Waals surface area contributed by atoms with Crippen LogP contribution in [-0.4, -0.2) is 11.2 Å². The van der Waals surface area contributed by atoms with Crippen LogP contribution in [0.25, 0.3) is 0 Å². The average molecular weight is 379 g/mol. The first kappa shape index (κ1) is 22.9. The number of rotatable bonds is 2. The summed E-state index contributed by atoms with van der Waals surface area (Å²) < 4.78 is 0. The van der Waals surface area contributed by atoms with Gasteiger partial charge >= 0.3 is 0 Å². The molecule has 0 aliphatic heterocycles. The van der Waals surface area contributed by atoms with Gasteiger partial charge in [-0.3, -0.25) is 9.98 Å². The van der Waals surface area contributed by atoms with Gasteiger partial charge in [0.15, 0.2) is 0 Å².